The normalized spacial score (nSPS) is 18.6. The zero-order valence-electron chi connectivity index (χ0n) is 20.3. The van der Waals surface area contributed by atoms with Gasteiger partial charge in [0.2, 0.25) is 0 Å². The molecule has 1 aliphatic rings. The van der Waals surface area contributed by atoms with Gasteiger partial charge in [0, 0.05) is 36.9 Å². The molecule has 3 heterocycles. The van der Waals surface area contributed by atoms with Crippen molar-refractivity contribution in [3.63, 3.8) is 0 Å². The lowest BCUT2D eigenvalue weighted by atomic mass is 9.71. The highest BCUT2D eigenvalue weighted by molar-refractivity contribution is 7.90. The standard InChI is InChI=1S/C26H29ClN6OS/c1-15(2)18-5-6-19(17-9-16(10-17)14-35(4)34)21-12-29-24(11-20(18)21)30-23-7-8-28-26(31-23)22-13-33(3)32-25(22)27/h5-8,11-13,15-17H,9-10,14H2,1-4H3,(H,28,29,30,31). The Balaban J connectivity index is 1.45. The number of rotatable bonds is 7. The van der Waals surface area contributed by atoms with Gasteiger partial charge in [-0.15, -0.1) is 0 Å². The molecule has 182 valence electrons. The van der Waals surface area contributed by atoms with Gasteiger partial charge in [0.1, 0.15) is 17.4 Å². The molecule has 1 atom stereocenters. The van der Waals surface area contributed by atoms with Crippen molar-refractivity contribution in [2.75, 3.05) is 17.3 Å². The molecule has 1 fully saturated rings. The lowest BCUT2D eigenvalue weighted by molar-refractivity contribution is 0.292. The summed E-state index contributed by atoms with van der Waals surface area (Å²) in [5.41, 5.74) is 3.32. The molecule has 0 aliphatic heterocycles. The average Bonchev–Trinajstić information content (AvgIpc) is 3.13. The molecule has 3 aromatic heterocycles. The number of pyridine rings is 1. The monoisotopic (exact) mass is 508 g/mol. The minimum atomic E-state index is -0.733. The number of benzene rings is 1. The highest BCUT2D eigenvalue weighted by Gasteiger charge is 2.33. The van der Waals surface area contributed by atoms with Crippen molar-refractivity contribution in [2.45, 2.75) is 38.5 Å². The average molecular weight is 509 g/mol. The first-order valence-corrected chi connectivity index (χ1v) is 13.9. The second-order valence-corrected chi connectivity index (χ2v) is 11.5. The minimum Gasteiger partial charge on any atom is -0.617 e. The highest BCUT2D eigenvalue weighted by Crippen LogP contribution is 2.45. The largest absolute Gasteiger partial charge is 0.617 e. The number of aryl methyl sites for hydroxylation is 1. The van der Waals surface area contributed by atoms with E-state index in [1.165, 1.54) is 21.9 Å². The topological polar surface area (TPSA) is 91.6 Å². The van der Waals surface area contributed by atoms with Gasteiger partial charge in [0.25, 0.3) is 0 Å². The van der Waals surface area contributed by atoms with Crippen LogP contribution < -0.4 is 5.32 Å². The van der Waals surface area contributed by atoms with Crippen LogP contribution in [0.5, 0.6) is 0 Å². The van der Waals surface area contributed by atoms with E-state index in [4.69, 9.17) is 16.6 Å². The molecule has 1 aromatic carbocycles. The van der Waals surface area contributed by atoms with Crippen molar-refractivity contribution in [1.82, 2.24) is 24.7 Å². The lowest BCUT2D eigenvalue weighted by Gasteiger charge is -2.36. The predicted octanol–water partition coefficient (Wildman–Crippen LogP) is 5.82. The van der Waals surface area contributed by atoms with Crippen molar-refractivity contribution in [1.29, 1.82) is 0 Å². The number of aromatic nitrogens is 5. The van der Waals surface area contributed by atoms with Gasteiger partial charge in [0.05, 0.1) is 11.8 Å². The van der Waals surface area contributed by atoms with Gasteiger partial charge in [-0.2, -0.15) is 5.10 Å². The number of fused-ring (bicyclic) bond motifs is 1. The van der Waals surface area contributed by atoms with Crippen LogP contribution in [-0.4, -0.2) is 41.3 Å². The van der Waals surface area contributed by atoms with E-state index >= 15 is 0 Å². The van der Waals surface area contributed by atoms with Crippen LogP contribution in [0.25, 0.3) is 22.2 Å². The van der Waals surface area contributed by atoms with Crippen LogP contribution >= 0.6 is 11.6 Å². The molecule has 0 bridgehead atoms. The maximum Gasteiger partial charge on any atom is 0.166 e. The van der Waals surface area contributed by atoms with Gasteiger partial charge in [-0.05, 0) is 53.3 Å². The van der Waals surface area contributed by atoms with E-state index in [1.807, 2.05) is 19.3 Å². The quantitative estimate of drug-likeness (QED) is 0.316. The van der Waals surface area contributed by atoms with E-state index in [0.717, 1.165) is 24.4 Å². The fraction of sp³-hybridized carbons (Fsp3) is 0.385. The Morgan fingerprint density at radius 1 is 1.17 bits per heavy atom. The van der Waals surface area contributed by atoms with Gasteiger partial charge in [-0.25, -0.2) is 15.0 Å². The molecular weight excluding hydrogens is 480 g/mol. The molecule has 1 N–H and O–H groups in total. The molecule has 0 radical (unpaired) electrons. The van der Waals surface area contributed by atoms with E-state index < -0.39 is 11.2 Å². The number of nitrogens with zero attached hydrogens (tertiary/aromatic N) is 5. The van der Waals surface area contributed by atoms with Crippen LogP contribution in [0.2, 0.25) is 5.15 Å². The van der Waals surface area contributed by atoms with Crippen molar-refractivity contribution in [3.05, 3.63) is 59.1 Å². The molecule has 5 rings (SSSR count). The molecule has 0 amide bonds. The fourth-order valence-corrected chi connectivity index (χ4v) is 6.16. The van der Waals surface area contributed by atoms with Crippen LogP contribution in [0.1, 0.15) is 49.7 Å². The van der Waals surface area contributed by atoms with E-state index in [2.05, 4.69) is 52.4 Å². The Hall–Kier alpha value is -2.68. The van der Waals surface area contributed by atoms with Gasteiger partial charge >= 0.3 is 0 Å². The summed E-state index contributed by atoms with van der Waals surface area (Å²) in [5, 5.41) is 10.3. The molecule has 35 heavy (non-hydrogen) atoms. The smallest absolute Gasteiger partial charge is 0.166 e. The van der Waals surface area contributed by atoms with Gasteiger partial charge in [0.15, 0.2) is 11.0 Å². The predicted molar refractivity (Wildman–Crippen MR) is 143 cm³/mol. The van der Waals surface area contributed by atoms with Gasteiger partial charge < -0.3 is 9.87 Å². The SMILES string of the molecule is CC(C)c1ccc(C2CC(C[S+](C)[O-])C2)c2cnc(Nc3ccnc(-c4cn(C)nc4Cl)n3)cc12. The van der Waals surface area contributed by atoms with Crippen LogP contribution in [0, 0.1) is 5.92 Å². The van der Waals surface area contributed by atoms with E-state index in [9.17, 15) is 4.55 Å². The summed E-state index contributed by atoms with van der Waals surface area (Å²) >= 11 is 5.50. The molecular formula is C26H29ClN6OS. The van der Waals surface area contributed by atoms with Crippen LogP contribution in [0.4, 0.5) is 11.6 Å². The zero-order chi connectivity index (χ0) is 24.7. The number of anilines is 2. The molecule has 7 nitrogen and oxygen atoms in total. The molecule has 1 aliphatic carbocycles. The van der Waals surface area contributed by atoms with Gasteiger partial charge in [-0.3, -0.25) is 4.68 Å². The van der Waals surface area contributed by atoms with E-state index in [0.29, 0.717) is 40.1 Å². The summed E-state index contributed by atoms with van der Waals surface area (Å²) in [6, 6.07) is 8.45. The Kier molecular flexibility index (Phi) is 6.70. The zero-order valence-corrected chi connectivity index (χ0v) is 21.9. The first-order valence-electron chi connectivity index (χ1n) is 11.8. The third-order valence-electron chi connectivity index (χ3n) is 6.67. The number of hydrogen-bond acceptors (Lipinski definition) is 6. The van der Waals surface area contributed by atoms with E-state index in [1.54, 1.807) is 23.3 Å². The molecule has 0 saturated heterocycles. The molecule has 9 heteroatoms. The van der Waals surface area contributed by atoms with Crippen LogP contribution in [0.15, 0.2) is 42.9 Å². The second-order valence-electron chi connectivity index (χ2n) is 9.69. The summed E-state index contributed by atoms with van der Waals surface area (Å²) in [6.45, 7) is 4.43. The van der Waals surface area contributed by atoms with Gasteiger partial charge in [-0.1, -0.05) is 48.8 Å². The number of hydrogen-bond donors (Lipinski definition) is 1. The molecule has 1 unspecified atom stereocenters. The Morgan fingerprint density at radius 2 is 1.97 bits per heavy atom. The summed E-state index contributed by atoms with van der Waals surface area (Å²) < 4.78 is 13.2. The summed E-state index contributed by atoms with van der Waals surface area (Å²) in [7, 11) is 1.81. The summed E-state index contributed by atoms with van der Waals surface area (Å²) in [6.07, 6.45) is 9.46. The van der Waals surface area contributed by atoms with Crippen molar-refractivity contribution in [2.24, 2.45) is 13.0 Å². The first kappa shape index (κ1) is 24.0. The Labute approximate surface area is 213 Å². The highest BCUT2D eigenvalue weighted by atomic mass is 35.5. The molecule has 1 saturated carbocycles. The third kappa shape index (κ3) is 5.01. The summed E-state index contributed by atoms with van der Waals surface area (Å²) in [5.74, 6) is 4.12. The molecule has 4 aromatic rings. The minimum absolute atomic E-state index is 0.367. The van der Waals surface area contributed by atoms with Crippen molar-refractivity contribution < 1.29 is 4.55 Å². The lowest BCUT2D eigenvalue weighted by Crippen LogP contribution is -2.28. The summed E-state index contributed by atoms with van der Waals surface area (Å²) in [4.78, 5) is 13.7. The number of halogens is 1. The maximum absolute atomic E-state index is 11.6. The van der Waals surface area contributed by atoms with Crippen LogP contribution in [0.3, 0.4) is 0 Å². The molecule has 0 spiro atoms. The van der Waals surface area contributed by atoms with Crippen LogP contribution in [-0.2, 0) is 18.2 Å². The fourth-order valence-electron chi connectivity index (χ4n) is 4.97. The van der Waals surface area contributed by atoms with E-state index in [-0.39, 0.29) is 0 Å². The maximum atomic E-state index is 11.6. The first-order chi connectivity index (χ1) is 16.8. The van der Waals surface area contributed by atoms with Crippen molar-refractivity contribution >= 4 is 45.2 Å². The Morgan fingerprint density at radius 3 is 2.66 bits per heavy atom. The number of nitrogens with one attached hydrogen (secondary N) is 1. The third-order valence-corrected chi connectivity index (χ3v) is 7.89. The second kappa shape index (κ2) is 9.76. The van der Waals surface area contributed by atoms with Crippen molar-refractivity contribution in [3.8, 4) is 11.4 Å². The Bertz CT molecular complexity index is 1370.